The normalized spacial score (nSPS) is 13.3. The Morgan fingerprint density at radius 2 is 1.24 bits per heavy atom. The van der Waals surface area contributed by atoms with Crippen molar-refractivity contribution in [1.29, 1.82) is 0 Å². The molecule has 0 aliphatic heterocycles. The van der Waals surface area contributed by atoms with Gasteiger partial charge in [-0.2, -0.15) is 0 Å². The third-order valence-corrected chi connectivity index (χ3v) is 11.8. The van der Waals surface area contributed by atoms with Gasteiger partial charge < -0.3 is 10.4 Å². The average Bonchev–Trinajstić information content (AvgIpc) is 2.83. The van der Waals surface area contributed by atoms with Gasteiger partial charge >= 0.3 is 5.97 Å². The summed E-state index contributed by atoms with van der Waals surface area (Å²) in [5.41, 5.74) is 0.443. The Labute approximate surface area is 197 Å². The Morgan fingerprint density at radius 3 is 1.67 bits per heavy atom. The number of nitrogens with one attached hydrogen (secondary N) is 1. The molecule has 1 amide bonds. The van der Waals surface area contributed by atoms with E-state index in [-0.39, 0.29) is 11.6 Å². The summed E-state index contributed by atoms with van der Waals surface area (Å²) in [6.07, 6.45) is 0.765. The number of benzene rings is 3. The first-order valence-corrected chi connectivity index (χ1v) is 13.8. The van der Waals surface area contributed by atoms with E-state index in [1.807, 2.05) is 66.7 Å². The number of carbonyl (C=O) groups excluding carboxylic acids is 1. The fraction of sp³-hybridized carbons (Fsp3) is 0.286. The molecule has 0 aromatic heterocycles. The van der Waals surface area contributed by atoms with Crippen LogP contribution in [0.3, 0.4) is 0 Å². The predicted octanol–water partition coefficient (Wildman–Crippen LogP) is 4.35. The van der Waals surface area contributed by atoms with E-state index >= 15 is 0 Å². The van der Waals surface area contributed by atoms with Crippen LogP contribution >= 0.6 is 0 Å². The molecule has 5 heteroatoms. The fourth-order valence-electron chi connectivity index (χ4n) is 4.67. The van der Waals surface area contributed by atoms with E-state index in [0.29, 0.717) is 17.5 Å². The van der Waals surface area contributed by atoms with Gasteiger partial charge in [-0.25, -0.2) is 0 Å². The highest BCUT2D eigenvalue weighted by Crippen LogP contribution is 2.26. The Hall–Kier alpha value is -3.18. The van der Waals surface area contributed by atoms with Crippen molar-refractivity contribution in [3.05, 3.63) is 96.6 Å². The first-order chi connectivity index (χ1) is 15.8. The minimum Gasteiger partial charge on any atom is -0.481 e. The molecule has 2 atom stereocenters. The average molecular weight is 460 g/mol. The lowest BCUT2D eigenvalue weighted by Gasteiger charge is -2.42. The highest BCUT2D eigenvalue weighted by molar-refractivity contribution is 7.03. The maximum Gasteiger partial charge on any atom is 0.305 e. The first kappa shape index (κ1) is 24.5. The number of amides is 1. The van der Waals surface area contributed by atoms with Crippen molar-refractivity contribution in [2.45, 2.75) is 38.9 Å². The second-order valence-electron chi connectivity index (χ2n) is 9.17. The Balaban J connectivity index is 2.22. The molecule has 3 rings (SSSR count). The standard InChI is InChI=1S/C28H33NO3Si/c1-21(2)19-26(29-27(30)23-13-7-4-8-14-23)33(20-22(3)28(31)32,24-15-9-5-10-16-24)25-17-11-6-12-18-25/h4-18,21-22,26H,19-20H2,1-3H3,(H,29,30)(H,31,32). The van der Waals surface area contributed by atoms with Crippen LogP contribution in [0.15, 0.2) is 91.0 Å². The van der Waals surface area contributed by atoms with Crippen molar-refractivity contribution in [2.24, 2.45) is 11.8 Å². The van der Waals surface area contributed by atoms with E-state index in [1.54, 1.807) is 6.92 Å². The quantitative estimate of drug-likeness (QED) is 0.443. The number of rotatable bonds is 10. The number of carbonyl (C=O) groups is 2. The summed E-state index contributed by atoms with van der Waals surface area (Å²) < 4.78 is 0. The molecule has 0 heterocycles. The van der Waals surface area contributed by atoms with Crippen molar-refractivity contribution in [1.82, 2.24) is 5.32 Å². The smallest absolute Gasteiger partial charge is 0.305 e. The molecular weight excluding hydrogens is 426 g/mol. The van der Waals surface area contributed by atoms with Crippen LogP contribution in [0.1, 0.15) is 37.6 Å². The van der Waals surface area contributed by atoms with E-state index in [9.17, 15) is 14.7 Å². The zero-order valence-electron chi connectivity index (χ0n) is 19.6. The SMILES string of the molecule is CC(C)CC(NC(=O)c1ccccc1)[Si](CC(C)C(=O)O)(c1ccccc1)c1ccccc1. The monoisotopic (exact) mass is 459 g/mol. The molecule has 0 fully saturated rings. The topological polar surface area (TPSA) is 66.4 Å². The van der Waals surface area contributed by atoms with Gasteiger partial charge in [-0.1, -0.05) is 110 Å². The molecule has 3 aromatic rings. The number of aliphatic carboxylic acids is 1. The van der Waals surface area contributed by atoms with Crippen molar-refractivity contribution in [3.63, 3.8) is 0 Å². The summed E-state index contributed by atoms with van der Waals surface area (Å²) in [4.78, 5) is 25.4. The molecule has 3 aromatic carbocycles. The third-order valence-electron chi connectivity index (χ3n) is 6.27. The number of carboxylic acids is 1. The van der Waals surface area contributed by atoms with Crippen LogP contribution in [0.4, 0.5) is 0 Å². The summed E-state index contributed by atoms with van der Waals surface area (Å²) in [6, 6.07) is 30.2. The van der Waals surface area contributed by atoms with E-state index in [0.717, 1.165) is 16.8 Å². The lowest BCUT2D eigenvalue weighted by atomic mass is 10.1. The molecule has 0 saturated carbocycles. The molecule has 33 heavy (non-hydrogen) atoms. The van der Waals surface area contributed by atoms with Gasteiger partial charge in [0, 0.05) is 11.2 Å². The minimum absolute atomic E-state index is 0.118. The number of carboxylic acid groups (broad SMARTS) is 1. The molecule has 0 aliphatic rings. The maximum absolute atomic E-state index is 13.4. The van der Waals surface area contributed by atoms with Crippen LogP contribution in [0.5, 0.6) is 0 Å². The molecule has 4 nitrogen and oxygen atoms in total. The largest absolute Gasteiger partial charge is 0.481 e. The van der Waals surface area contributed by atoms with Gasteiger partial charge in [0.25, 0.3) is 5.91 Å². The van der Waals surface area contributed by atoms with E-state index in [1.165, 1.54) is 0 Å². The highest BCUT2D eigenvalue weighted by atomic mass is 28.3. The molecule has 0 aliphatic carbocycles. The highest BCUT2D eigenvalue weighted by Gasteiger charge is 2.47. The summed E-state index contributed by atoms with van der Waals surface area (Å²) in [6.45, 7) is 6.08. The van der Waals surface area contributed by atoms with Gasteiger partial charge in [0.15, 0.2) is 0 Å². The Morgan fingerprint density at radius 1 is 0.788 bits per heavy atom. The van der Waals surface area contributed by atoms with E-state index in [2.05, 4.69) is 43.4 Å². The molecule has 0 saturated heterocycles. The molecule has 172 valence electrons. The lowest BCUT2D eigenvalue weighted by Crippen LogP contribution is -2.72. The van der Waals surface area contributed by atoms with Crippen molar-refractivity contribution >= 4 is 30.3 Å². The molecule has 0 spiro atoms. The molecule has 2 N–H and O–H groups in total. The Bertz CT molecular complexity index is 999. The van der Waals surface area contributed by atoms with Gasteiger partial charge in [-0.05, 0) is 30.5 Å². The molecule has 0 bridgehead atoms. The second-order valence-corrected chi connectivity index (χ2v) is 13.4. The summed E-state index contributed by atoms with van der Waals surface area (Å²) >= 11 is 0. The molecular formula is C28H33NO3Si. The second kappa shape index (κ2) is 11.1. The number of hydrogen-bond donors (Lipinski definition) is 2. The van der Waals surface area contributed by atoms with Gasteiger partial charge in [-0.15, -0.1) is 0 Å². The predicted molar refractivity (Wildman–Crippen MR) is 137 cm³/mol. The molecule has 2 unspecified atom stereocenters. The first-order valence-electron chi connectivity index (χ1n) is 11.5. The van der Waals surface area contributed by atoms with E-state index < -0.39 is 20.0 Å². The zero-order chi connectivity index (χ0) is 23.8. The molecule has 0 radical (unpaired) electrons. The third kappa shape index (κ3) is 5.79. The van der Waals surface area contributed by atoms with Crippen molar-refractivity contribution in [3.8, 4) is 0 Å². The Kier molecular flexibility index (Phi) is 8.23. The summed E-state index contributed by atoms with van der Waals surface area (Å²) in [5, 5.41) is 15.6. The van der Waals surface area contributed by atoms with Crippen LogP contribution in [-0.2, 0) is 4.79 Å². The van der Waals surface area contributed by atoms with Gasteiger partial charge in [0.2, 0.25) is 0 Å². The van der Waals surface area contributed by atoms with Crippen LogP contribution in [0.2, 0.25) is 6.04 Å². The lowest BCUT2D eigenvalue weighted by molar-refractivity contribution is -0.140. The van der Waals surface area contributed by atoms with Crippen molar-refractivity contribution in [2.75, 3.05) is 0 Å². The fourth-order valence-corrected chi connectivity index (χ4v) is 10.5. The minimum atomic E-state index is -2.77. The summed E-state index contributed by atoms with van der Waals surface area (Å²) in [7, 11) is -2.77. The van der Waals surface area contributed by atoms with Crippen LogP contribution in [-0.4, -0.2) is 30.7 Å². The zero-order valence-corrected chi connectivity index (χ0v) is 20.6. The summed E-state index contributed by atoms with van der Waals surface area (Å²) in [5.74, 6) is -1.14. The van der Waals surface area contributed by atoms with Gasteiger partial charge in [-0.3, -0.25) is 9.59 Å². The van der Waals surface area contributed by atoms with Gasteiger partial charge in [0.1, 0.15) is 8.07 Å². The van der Waals surface area contributed by atoms with Crippen molar-refractivity contribution < 1.29 is 14.7 Å². The maximum atomic E-state index is 13.4. The van der Waals surface area contributed by atoms with Crippen LogP contribution in [0, 0.1) is 11.8 Å². The van der Waals surface area contributed by atoms with Crippen LogP contribution < -0.4 is 15.7 Å². The van der Waals surface area contributed by atoms with Gasteiger partial charge in [0.05, 0.1) is 5.92 Å². The number of hydrogen-bond acceptors (Lipinski definition) is 2. The van der Waals surface area contributed by atoms with E-state index in [4.69, 9.17) is 0 Å². The van der Waals surface area contributed by atoms with Crippen LogP contribution in [0.25, 0.3) is 0 Å².